The Morgan fingerprint density at radius 1 is 1.19 bits per heavy atom. The topological polar surface area (TPSA) is 93.9 Å². The minimum absolute atomic E-state index is 0.0300. The molecule has 0 saturated carbocycles. The molecule has 2 aromatic heterocycles. The van der Waals surface area contributed by atoms with Gasteiger partial charge in [-0.1, -0.05) is 12.5 Å². The summed E-state index contributed by atoms with van der Waals surface area (Å²) in [5.74, 6) is -0.0300. The lowest BCUT2D eigenvalue weighted by molar-refractivity contribution is -0.116. The number of anilines is 1. The van der Waals surface area contributed by atoms with Crippen LogP contribution in [-0.4, -0.2) is 38.8 Å². The van der Waals surface area contributed by atoms with E-state index in [2.05, 4.69) is 31.2 Å². The number of carbonyl (C=O) groups is 1. The van der Waals surface area contributed by atoms with Crippen molar-refractivity contribution >= 4 is 22.6 Å². The van der Waals surface area contributed by atoms with Crippen molar-refractivity contribution < 1.29 is 4.79 Å². The molecule has 0 unspecified atom stereocenters. The fraction of sp³-hybridized carbons (Fsp3) is 0.350. The molecule has 0 bridgehead atoms. The summed E-state index contributed by atoms with van der Waals surface area (Å²) in [5, 5.41) is 2.92. The lowest BCUT2D eigenvalue weighted by atomic mass is 9.98. The highest BCUT2D eigenvalue weighted by Crippen LogP contribution is 2.29. The highest BCUT2D eigenvalue weighted by molar-refractivity contribution is 5.93. The first-order chi connectivity index (χ1) is 13.2. The summed E-state index contributed by atoms with van der Waals surface area (Å²) in [4.78, 5) is 36.0. The van der Waals surface area contributed by atoms with Crippen molar-refractivity contribution in [2.75, 3.05) is 18.4 Å². The van der Waals surface area contributed by atoms with Crippen molar-refractivity contribution in [2.45, 2.75) is 31.7 Å². The lowest BCUT2D eigenvalue weighted by Crippen LogP contribution is -2.36. The van der Waals surface area contributed by atoms with Crippen LogP contribution in [0.3, 0.4) is 0 Å². The summed E-state index contributed by atoms with van der Waals surface area (Å²) in [7, 11) is 0. The molecule has 1 fully saturated rings. The number of aromatic nitrogens is 3. The fourth-order valence-corrected chi connectivity index (χ4v) is 3.75. The van der Waals surface area contributed by atoms with Gasteiger partial charge in [0.15, 0.2) is 0 Å². The lowest BCUT2D eigenvalue weighted by Gasteiger charge is -2.35. The van der Waals surface area contributed by atoms with Crippen LogP contribution in [0.5, 0.6) is 0 Å². The van der Waals surface area contributed by atoms with Crippen LogP contribution in [-0.2, 0) is 4.79 Å². The van der Waals surface area contributed by atoms with Crippen LogP contribution in [0.4, 0.5) is 5.69 Å². The second kappa shape index (κ2) is 7.75. The molecule has 3 heterocycles. The third kappa shape index (κ3) is 4.09. The van der Waals surface area contributed by atoms with Crippen LogP contribution in [0, 0.1) is 0 Å². The van der Waals surface area contributed by atoms with Gasteiger partial charge in [-0.05, 0) is 49.7 Å². The Kier molecular flexibility index (Phi) is 5.02. The van der Waals surface area contributed by atoms with E-state index in [1.807, 2.05) is 18.3 Å². The van der Waals surface area contributed by atoms with Crippen LogP contribution >= 0.6 is 0 Å². The predicted octanol–water partition coefficient (Wildman–Crippen LogP) is 2.81. The van der Waals surface area contributed by atoms with Crippen molar-refractivity contribution in [1.82, 2.24) is 19.9 Å². The van der Waals surface area contributed by atoms with Gasteiger partial charge in [0.25, 0.3) is 0 Å². The van der Waals surface area contributed by atoms with E-state index in [-0.39, 0.29) is 17.6 Å². The van der Waals surface area contributed by atoms with E-state index < -0.39 is 0 Å². The number of pyridine rings is 1. The monoisotopic (exact) mass is 365 g/mol. The number of carbonyl (C=O) groups excluding carboxylic acids is 1. The molecule has 1 aliphatic heterocycles. The van der Waals surface area contributed by atoms with Crippen molar-refractivity contribution in [3.63, 3.8) is 0 Å². The molecule has 1 aromatic carbocycles. The van der Waals surface area contributed by atoms with Gasteiger partial charge in [-0.3, -0.25) is 14.7 Å². The smallest absolute Gasteiger partial charge is 0.323 e. The molecule has 140 valence electrons. The van der Waals surface area contributed by atoms with Gasteiger partial charge in [-0.2, -0.15) is 0 Å². The fourth-order valence-electron chi connectivity index (χ4n) is 3.75. The van der Waals surface area contributed by atoms with Gasteiger partial charge < -0.3 is 15.3 Å². The molecule has 3 N–H and O–H groups in total. The van der Waals surface area contributed by atoms with Crippen LogP contribution in [0.25, 0.3) is 11.0 Å². The van der Waals surface area contributed by atoms with Gasteiger partial charge in [-0.25, -0.2) is 4.79 Å². The summed E-state index contributed by atoms with van der Waals surface area (Å²) in [6, 6.07) is 11.6. The number of hydrogen-bond acceptors (Lipinski definition) is 4. The third-order valence-electron chi connectivity index (χ3n) is 5.07. The zero-order chi connectivity index (χ0) is 18.6. The summed E-state index contributed by atoms with van der Waals surface area (Å²) >= 11 is 0. The largest absolute Gasteiger partial charge is 0.326 e. The normalized spacial score (nSPS) is 17.9. The van der Waals surface area contributed by atoms with E-state index in [0.29, 0.717) is 24.2 Å². The molecule has 1 aliphatic rings. The molecule has 1 saturated heterocycles. The molecule has 0 spiro atoms. The van der Waals surface area contributed by atoms with Crippen LogP contribution < -0.4 is 11.0 Å². The predicted molar refractivity (Wildman–Crippen MR) is 105 cm³/mol. The number of fused-ring (bicyclic) bond motifs is 1. The highest BCUT2D eigenvalue weighted by Gasteiger charge is 2.25. The average Bonchev–Trinajstić information content (AvgIpc) is 3.06. The average molecular weight is 365 g/mol. The van der Waals surface area contributed by atoms with Gasteiger partial charge in [0.05, 0.1) is 22.8 Å². The highest BCUT2D eigenvalue weighted by atomic mass is 16.1. The first kappa shape index (κ1) is 17.5. The van der Waals surface area contributed by atoms with Gasteiger partial charge in [-0.15, -0.1) is 0 Å². The van der Waals surface area contributed by atoms with E-state index in [9.17, 15) is 9.59 Å². The van der Waals surface area contributed by atoms with E-state index >= 15 is 0 Å². The van der Waals surface area contributed by atoms with Crippen molar-refractivity contribution in [3.05, 3.63) is 58.8 Å². The Morgan fingerprint density at radius 3 is 2.93 bits per heavy atom. The standard InChI is InChI=1S/C20H23N5O2/c26-19(22-14-7-8-15-17(13-14)24-20(27)23-15)9-12-25-11-4-2-6-18(25)16-5-1-3-10-21-16/h1,3,5,7-8,10,13,18H,2,4,6,9,11-12H2,(H,22,26)(H2,23,24,27)/t18-/m1/s1. The zero-order valence-electron chi connectivity index (χ0n) is 15.1. The molecule has 0 aliphatic carbocycles. The van der Waals surface area contributed by atoms with Gasteiger partial charge in [0.1, 0.15) is 0 Å². The van der Waals surface area contributed by atoms with E-state index in [4.69, 9.17) is 0 Å². The summed E-state index contributed by atoms with van der Waals surface area (Å²) in [5.41, 5.74) is 2.93. The molecule has 0 radical (unpaired) electrons. The second-order valence-corrected chi connectivity index (χ2v) is 6.94. The molecule has 7 nitrogen and oxygen atoms in total. The maximum atomic E-state index is 12.4. The summed E-state index contributed by atoms with van der Waals surface area (Å²) in [6.45, 7) is 1.70. The Bertz CT molecular complexity index is 979. The molecular weight excluding hydrogens is 342 g/mol. The zero-order valence-corrected chi connectivity index (χ0v) is 15.1. The molecule has 1 amide bonds. The number of benzene rings is 1. The van der Waals surface area contributed by atoms with Crippen molar-refractivity contribution in [2.24, 2.45) is 0 Å². The van der Waals surface area contributed by atoms with Crippen LogP contribution in [0.2, 0.25) is 0 Å². The van der Waals surface area contributed by atoms with Crippen molar-refractivity contribution in [3.8, 4) is 0 Å². The first-order valence-corrected chi connectivity index (χ1v) is 9.36. The number of imidazole rings is 1. The minimum atomic E-state index is -0.251. The SMILES string of the molecule is O=C(CCN1CCCC[C@@H]1c1ccccn1)Nc1ccc2[nH]c(=O)[nH]c2c1. The number of hydrogen-bond donors (Lipinski definition) is 3. The molecular formula is C20H23N5O2. The second-order valence-electron chi connectivity index (χ2n) is 6.94. The molecule has 7 heteroatoms. The minimum Gasteiger partial charge on any atom is -0.326 e. The van der Waals surface area contributed by atoms with E-state index in [1.54, 1.807) is 18.2 Å². The van der Waals surface area contributed by atoms with Gasteiger partial charge >= 0.3 is 5.69 Å². The number of amides is 1. The maximum absolute atomic E-state index is 12.4. The van der Waals surface area contributed by atoms with Crippen LogP contribution in [0.1, 0.15) is 37.4 Å². The quantitative estimate of drug-likeness (QED) is 0.648. The number of likely N-dealkylation sites (tertiary alicyclic amines) is 1. The van der Waals surface area contributed by atoms with Crippen LogP contribution in [0.15, 0.2) is 47.4 Å². The van der Waals surface area contributed by atoms with E-state index in [1.165, 1.54) is 6.42 Å². The number of aromatic amines is 2. The van der Waals surface area contributed by atoms with E-state index in [0.717, 1.165) is 30.6 Å². The Balaban J connectivity index is 1.37. The Labute approximate surface area is 156 Å². The summed E-state index contributed by atoms with van der Waals surface area (Å²) < 4.78 is 0. The van der Waals surface area contributed by atoms with Crippen molar-refractivity contribution in [1.29, 1.82) is 0 Å². The number of nitrogens with one attached hydrogen (secondary N) is 3. The molecule has 27 heavy (non-hydrogen) atoms. The number of H-pyrrole nitrogens is 2. The number of nitrogens with zero attached hydrogens (tertiary/aromatic N) is 2. The first-order valence-electron chi connectivity index (χ1n) is 9.36. The Morgan fingerprint density at radius 2 is 2.07 bits per heavy atom. The summed E-state index contributed by atoms with van der Waals surface area (Å²) in [6.07, 6.45) is 5.68. The molecule has 1 atom stereocenters. The molecule has 4 rings (SSSR count). The number of rotatable bonds is 5. The van der Waals surface area contributed by atoms with Gasteiger partial charge in [0.2, 0.25) is 5.91 Å². The maximum Gasteiger partial charge on any atom is 0.323 e. The van der Waals surface area contributed by atoms with Gasteiger partial charge in [0, 0.05) is 24.8 Å². The molecule has 3 aromatic rings. The third-order valence-corrected chi connectivity index (χ3v) is 5.07. The Hall–Kier alpha value is -2.93. The number of piperidine rings is 1.